The van der Waals surface area contributed by atoms with E-state index in [9.17, 15) is 9.59 Å². The number of morpholine rings is 1. The van der Waals surface area contributed by atoms with Gasteiger partial charge in [0.25, 0.3) is 11.8 Å². The van der Waals surface area contributed by atoms with Crippen molar-refractivity contribution in [3.63, 3.8) is 0 Å². The zero-order chi connectivity index (χ0) is 11.0. The van der Waals surface area contributed by atoms with Crippen LogP contribution >= 0.6 is 0 Å². The molecule has 2 N–H and O–H groups in total. The molecule has 2 saturated heterocycles. The Kier molecular flexibility index (Phi) is 2.75. The van der Waals surface area contributed by atoms with Crippen molar-refractivity contribution in [3.05, 3.63) is 0 Å². The summed E-state index contributed by atoms with van der Waals surface area (Å²) in [6.07, 6.45) is 1.19. The van der Waals surface area contributed by atoms with Gasteiger partial charge in [0.1, 0.15) is 12.2 Å². The van der Waals surface area contributed by atoms with Crippen LogP contribution in [0.15, 0.2) is 0 Å². The lowest BCUT2D eigenvalue weighted by atomic mass is 10.1. The first-order valence-electron chi connectivity index (χ1n) is 5.37. The summed E-state index contributed by atoms with van der Waals surface area (Å²) in [5, 5.41) is 0. The van der Waals surface area contributed by atoms with Crippen LogP contribution in [-0.2, 0) is 14.3 Å². The number of ether oxygens (including phenoxy) is 1. The van der Waals surface area contributed by atoms with Gasteiger partial charge in [0.05, 0.1) is 0 Å². The summed E-state index contributed by atoms with van der Waals surface area (Å²) in [4.78, 5) is 25.0. The maximum Gasteiger partial charge on any atom is 0.258 e. The number of likely N-dealkylation sites (tertiary alicyclic amines) is 1. The molecule has 2 aliphatic rings. The highest BCUT2D eigenvalue weighted by Crippen LogP contribution is 2.29. The monoisotopic (exact) mass is 212 g/mol. The van der Waals surface area contributed by atoms with Gasteiger partial charge in [-0.25, -0.2) is 0 Å². The normalized spacial score (nSPS) is 32.3. The van der Waals surface area contributed by atoms with Crippen molar-refractivity contribution in [1.82, 2.24) is 4.90 Å². The molecule has 2 aliphatic heterocycles. The molecule has 2 amide bonds. The zero-order valence-corrected chi connectivity index (χ0v) is 8.81. The molecule has 0 radical (unpaired) electrons. The molecule has 0 spiro atoms. The Morgan fingerprint density at radius 1 is 1.40 bits per heavy atom. The summed E-state index contributed by atoms with van der Waals surface area (Å²) in [7, 11) is 0. The third-order valence-electron chi connectivity index (χ3n) is 3.07. The van der Waals surface area contributed by atoms with Crippen molar-refractivity contribution in [2.75, 3.05) is 6.54 Å². The van der Waals surface area contributed by atoms with E-state index in [1.807, 2.05) is 6.92 Å². The van der Waals surface area contributed by atoms with Crippen molar-refractivity contribution < 1.29 is 14.3 Å². The molecule has 2 fully saturated rings. The number of imide groups is 1. The number of hydrogen-bond acceptors (Lipinski definition) is 4. The van der Waals surface area contributed by atoms with E-state index in [2.05, 4.69) is 0 Å². The Morgan fingerprint density at radius 3 is 2.40 bits per heavy atom. The minimum absolute atomic E-state index is 0.109. The SMILES string of the molecule is CC(CCN)N1C(=O)C2CCC(O2)C1=O. The highest BCUT2D eigenvalue weighted by molar-refractivity contribution is 6.02. The fourth-order valence-corrected chi connectivity index (χ4v) is 2.22. The molecule has 3 atom stereocenters. The van der Waals surface area contributed by atoms with Crippen molar-refractivity contribution >= 4 is 11.8 Å². The quantitative estimate of drug-likeness (QED) is 0.648. The van der Waals surface area contributed by atoms with E-state index in [1.54, 1.807) is 0 Å². The second-order valence-corrected chi connectivity index (χ2v) is 4.16. The van der Waals surface area contributed by atoms with Crippen LogP contribution in [0.25, 0.3) is 0 Å². The number of rotatable bonds is 3. The summed E-state index contributed by atoms with van der Waals surface area (Å²) in [5.41, 5.74) is 5.43. The molecule has 0 aromatic carbocycles. The van der Waals surface area contributed by atoms with Gasteiger partial charge in [0, 0.05) is 6.04 Å². The summed E-state index contributed by atoms with van der Waals surface area (Å²) >= 11 is 0. The predicted molar refractivity (Wildman–Crippen MR) is 52.9 cm³/mol. The van der Waals surface area contributed by atoms with Crippen LogP contribution in [-0.4, -0.2) is 41.5 Å². The number of nitrogens with two attached hydrogens (primary N) is 1. The fourth-order valence-electron chi connectivity index (χ4n) is 2.22. The third kappa shape index (κ3) is 1.66. The van der Waals surface area contributed by atoms with Gasteiger partial charge >= 0.3 is 0 Å². The van der Waals surface area contributed by atoms with Gasteiger partial charge in [0.15, 0.2) is 0 Å². The van der Waals surface area contributed by atoms with E-state index in [0.717, 1.165) is 0 Å². The number of carbonyl (C=O) groups is 2. The Bertz CT molecular complexity index is 270. The van der Waals surface area contributed by atoms with Crippen LogP contribution in [0.1, 0.15) is 26.2 Å². The molecule has 2 bridgehead atoms. The Balaban J connectivity index is 2.16. The van der Waals surface area contributed by atoms with Crippen LogP contribution in [0.5, 0.6) is 0 Å². The second-order valence-electron chi connectivity index (χ2n) is 4.16. The van der Waals surface area contributed by atoms with E-state index < -0.39 is 12.2 Å². The summed E-state index contributed by atoms with van der Waals surface area (Å²) < 4.78 is 5.31. The number of hydrogen-bond donors (Lipinski definition) is 1. The fraction of sp³-hybridized carbons (Fsp3) is 0.800. The molecular formula is C10H16N2O3. The maximum atomic E-state index is 11.8. The van der Waals surface area contributed by atoms with Crippen molar-refractivity contribution in [3.8, 4) is 0 Å². The topological polar surface area (TPSA) is 72.6 Å². The smallest absolute Gasteiger partial charge is 0.258 e. The summed E-state index contributed by atoms with van der Waals surface area (Å²) in [6.45, 7) is 2.34. The maximum absolute atomic E-state index is 11.8. The molecule has 0 aromatic heterocycles. The van der Waals surface area contributed by atoms with Gasteiger partial charge in [-0.05, 0) is 32.7 Å². The van der Waals surface area contributed by atoms with E-state index in [4.69, 9.17) is 10.5 Å². The number of fused-ring (bicyclic) bond motifs is 2. The molecule has 15 heavy (non-hydrogen) atoms. The summed E-state index contributed by atoms with van der Waals surface area (Å²) in [6, 6.07) is -0.109. The first kappa shape index (κ1) is 10.6. The van der Waals surface area contributed by atoms with Crippen molar-refractivity contribution in [1.29, 1.82) is 0 Å². The molecule has 84 valence electrons. The molecular weight excluding hydrogens is 196 g/mol. The first-order valence-corrected chi connectivity index (χ1v) is 5.37. The Hall–Kier alpha value is -0.940. The van der Waals surface area contributed by atoms with Gasteiger partial charge in [0.2, 0.25) is 0 Å². The molecule has 2 heterocycles. The van der Waals surface area contributed by atoms with Gasteiger partial charge in [-0.3, -0.25) is 14.5 Å². The lowest BCUT2D eigenvalue weighted by molar-refractivity contribution is -0.171. The van der Waals surface area contributed by atoms with E-state index in [0.29, 0.717) is 25.8 Å². The molecule has 0 saturated carbocycles. The average Bonchev–Trinajstić information content (AvgIpc) is 2.62. The second kappa shape index (κ2) is 3.90. The van der Waals surface area contributed by atoms with Crippen LogP contribution in [0.2, 0.25) is 0 Å². The van der Waals surface area contributed by atoms with Gasteiger partial charge in [-0.15, -0.1) is 0 Å². The standard InChI is InChI=1S/C10H16N2O3/c1-6(4-5-11)12-9(13)7-2-3-8(15-7)10(12)14/h6-8H,2-5,11H2,1H3. The Labute approximate surface area is 88.5 Å². The van der Waals surface area contributed by atoms with Gasteiger partial charge in [-0.2, -0.15) is 0 Å². The van der Waals surface area contributed by atoms with Crippen molar-refractivity contribution in [2.45, 2.75) is 44.4 Å². The van der Waals surface area contributed by atoms with Crippen LogP contribution in [0.3, 0.4) is 0 Å². The van der Waals surface area contributed by atoms with Crippen LogP contribution in [0, 0.1) is 0 Å². The first-order chi connectivity index (χ1) is 7.15. The number of carbonyl (C=O) groups excluding carboxylic acids is 2. The minimum Gasteiger partial charge on any atom is -0.355 e. The Morgan fingerprint density at radius 2 is 1.93 bits per heavy atom. The van der Waals surface area contributed by atoms with Crippen LogP contribution in [0.4, 0.5) is 0 Å². The van der Waals surface area contributed by atoms with E-state index in [1.165, 1.54) is 4.90 Å². The lowest BCUT2D eigenvalue weighted by Crippen LogP contribution is -2.55. The van der Waals surface area contributed by atoms with Gasteiger partial charge in [-0.1, -0.05) is 0 Å². The highest BCUT2D eigenvalue weighted by Gasteiger charge is 2.47. The van der Waals surface area contributed by atoms with Crippen molar-refractivity contribution in [2.24, 2.45) is 5.73 Å². The third-order valence-corrected chi connectivity index (χ3v) is 3.07. The zero-order valence-electron chi connectivity index (χ0n) is 8.81. The largest absolute Gasteiger partial charge is 0.355 e. The summed E-state index contributed by atoms with van der Waals surface area (Å²) in [5.74, 6) is -0.371. The number of amides is 2. The van der Waals surface area contributed by atoms with Gasteiger partial charge < -0.3 is 10.5 Å². The van der Waals surface area contributed by atoms with E-state index in [-0.39, 0.29) is 17.9 Å². The molecule has 3 unspecified atom stereocenters. The molecule has 0 aliphatic carbocycles. The lowest BCUT2D eigenvalue weighted by Gasteiger charge is -2.34. The molecule has 5 nitrogen and oxygen atoms in total. The van der Waals surface area contributed by atoms with Crippen LogP contribution < -0.4 is 5.73 Å². The minimum atomic E-state index is -0.395. The van der Waals surface area contributed by atoms with E-state index >= 15 is 0 Å². The average molecular weight is 212 g/mol. The molecule has 0 aromatic rings. The predicted octanol–water partition coefficient (Wildman–Crippen LogP) is -0.360. The number of nitrogens with zero attached hydrogens (tertiary/aromatic N) is 1. The molecule has 2 rings (SSSR count). The molecule has 5 heteroatoms. The highest BCUT2D eigenvalue weighted by atomic mass is 16.5.